The van der Waals surface area contributed by atoms with Crippen LogP contribution in [-0.2, 0) is 8.85 Å². The van der Waals surface area contributed by atoms with Crippen LogP contribution in [0.5, 0.6) is 0 Å². The van der Waals surface area contributed by atoms with Gasteiger partial charge in [0.2, 0.25) is 0 Å². The van der Waals surface area contributed by atoms with E-state index in [1.165, 1.54) is 0 Å². The van der Waals surface area contributed by atoms with E-state index < -0.39 is 8.88 Å². The van der Waals surface area contributed by atoms with Gasteiger partial charge < -0.3 is 8.85 Å². The first-order valence-electron chi connectivity index (χ1n) is 5.79. The van der Waals surface area contributed by atoms with Crippen LogP contribution in [0.1, 0.15) is 41.5 Å². The van der Waals surface area contributed by atoms with E-state index in [9.17, 15) is 0 Å². The summed E-state index contributed by atoms with van der Waals surface area (Å²) in [6.07, 6.45) is 0. The second-order valence-corrected chi connectivity index (χ2v) is 6.47. The van der Waals surface area contributed by atoms with Gasteiger partial charge in [0.05, 0.1) is 0 Å². The summed E-state index contributed by atoms with van der Waals surface area (Å²) in [6, 6.07) is 0.696. The summed E-state index contributed by atoms with van der Waals surface area (Å²) in [6.45, 7) is 13.7. The van der Waals surface area contributed by atoms with E-state index in [2.05, 4.69) is 37.7 Å². The average Bonchev–Trinajstić information content (AvgIpc) is 2.01. The number of hydrogen-bond donors (Lipinski definition) is 2. The van der Waals surface area contributed by atoms with Crippen LogP contribution in [0.3, 0.4) is 0 Å². The Bertz CT molecular complexity index is 148. The summed E-state index contributed by atoms with van der Waals surface area (Å²) in [7, 11) is -2.42. The van der Waals surface area contributed by atoms with E-state index in [4.69, 9.17) is 8.85 Å². The number of nitrogens with one attached hydrogen (secondary N) is 2. The van der Waals surface area contributed by atoms with Gasteiger partial charge in [-0.1, -0.05) is 27.7 Å². The molecule has 0 fully saturated rings. The Kier molecular flexibility index (Phi) is 7.38. The zero-order chi connectivity index (χ0) is 11.9. The molecule has 4 nitrogen and oxygen atoms in total. The molecule has 0 saturated carbocycles. The Morgan fingerprint density at radius 1 is 0.867 bits per heavy atom. The van der Waals surface area contributed by atoms with Crippen LogP contribution in [0.2, 0.25) is 0 Å². The minimum Gasteiger partial charge on any atom is -0.371 e. The first kappa shape index (κ1) is 15.1. The molecule has 0 aromatic rings. The van der Waals surface area contributed by atoms with Crippen molar-refractivity contribution in [2.45, 2.75) is 53.6 Å². The molecular weight excluding hydrogens is 208 g/mol. The van der Waals surface area contributed by atoms with E-state index in [-0.39, 0.29) is 0 Å². The van der Waals surface area contributed by atoms with Crippen molar-refractivity contribution in [1.29, 1.82) is 0 Å². The van der Waals surface area contributed by atoms with Crippen molar-refractivity contribution in [1.82, 2.24) is 9.96 Å². The van der Waals surface area contributed by atoms with Gasteiger partial charge in [0.15, 0.2) is 0 Å². The summed E-state index contributed by atoms with van der Waals surface area (Å²) in [5.74, 6) is 0. The van der Waals surface area contributed by atoms with Crippen molar-refractivity contribution >= 4 is 8.88 Å². The van der Waals surface area contributed by atoms with Crippen LogP contribution in [0.25, 0.3) is 0 Å². The summed E-state index contributed by atoms with van der Waals surface area (Å²) in [5.41, 5.74) is 0. The Hall–Kier alpha value is 0.0569. The SMILES string of the molecule is CCO[Si](NC(C)C)(NC(C)C)OCC. The van der Waals surface area contributed by atoms with Crippen molar-refractivity contribution < 1.29 is 8.85 Å². The zero-order valence-corrected chi connectivity index (χ0v) is 11.9. The second-order valence-electron chi connectivity index (χ2n) is 4.08. The third kappa shape index (κ3) is 6.27. The Balaban J connectivity index is 4.55. The smallest absolute Gasteiger partial charge is 0.371 e. The minimum atomic E-state index is -2.42. The lowest BCUT2D eigenvalue weighted by atomic mass is 10.4. The summed E-state index contributed by atoms with van der Waals surface area (Å²) >= 11 is 0. The molecule has 92 valence electrons. The highest BCUT2D eigenvalue weighted by Gasteiger charge is 2.40. The Morgan fingerprint density at radius 2 is 1.20 bits per heavy atom. The lowest BCUT2D eigenvalue weighted by molar-refractivity contribution is 0.153. The van der Waals surface area contributed by atoms with Crippen molar-refractivity contribution in [2.24, 2.45) is 0 Å². The van der Waals surface area contributed by atoms with Crippen LogP contribution in [0.15, 0.2) is 0 Å². The quantitative estimate of drug-likeness (QED) is 0.625. The molecule has 2 N–H and O–H groups in total. The predicted octanol–water partition coefficient (Wildman–Crippen LogP) is 1.49. The molecule has 0 aliphatic carbocycles. The molecule has 15 heavy (non-hydrogen) atoms. The molecule has 0 radical (unpaired) electrons. The summed E-state index contributed by atoms with van der Waals surface area (Å²) in [5, 5.41) is 0. The molecule has 0 spiro atoms. The molecule has 0 aromatic carbocycles. The topological polar surface area (TPSA) is 42.5 Å². The predicted molar refractivity (Wildman–Crippen MR) is 65.5 cm³/mol. The fraction of sp³-hybridized carbons (Fsp3) is 1.00. The summed E-state index contributed by atoms with van der Waals surface area (Å²) in [4.78, 5) is 6.82. The first-order valence-corrected chi connectivity index (χ1v) is 7.60. The standard InChI is InChI=1S/C10H26N2O2Si/c1-7-13-15(14-8-2,11-9(3)4)12-10(5)6/h9-12H,7-8H2,1-6H3. The van der Waals surface area contributed by atoms with Gasteiger partial charge in [0.25, 0.3) is 0 Å². The van der Waals surface area contributed by atoms with Crippen LogP contribution in [0.4, 0.5) is 0 Å². The van der Waals surface area contributed by atoms with Crippen molar-refractivity contribution in [2.75, 3.05) is 13.2 Å². The monoisotopic (exact) mass is 234 g/mol. The molecule has 0 amide bonds. The minimum absolute atomic E-state index is 0.348. The lowest BCUT2D eigenvalue weighted by Crippen LogP contribution is -2.70. The van der Waals surface area contributed by atoms with E-state index in [0.29, 0.717) is 25.3 Å². The van der Waals surface area contributed by atoms with E-state index in [0.717, 1.165) is 0 Å². The fourth-order valence-corrected chi connectivity index (χ4v) is 4.25. The highest BCUT2D eigenvalue weighted by molar-refractivity contribution is 6.62. The molecule has 0 aliphatic heterocycles. The van der Waals surface area contributed by atoms with Crippen molar-refractivity contribution in [3.05, 3.63) is 0 Å². The largest absolute Gasteiger partial charge is 0.517 e. The fourth-order valence-electron chi connectivity index (χ4n) is 1.42. The highest BCUT2D eigenvalue weighted by atomic mass is 28.4. The van der Waals surface area contributed by atoms with Gasteiger partial charge in [-0.25, -0.2) is 0 Å². The van der Waals surface area contributed by atoms with Gasteiger partial charge in [0, 0.05) is 25.3 Å². The van der Waals surface area contributed by atoms with Crippen LogP contribution >= 0.6 is 0 Å². The molecule has 0 saturated heterocycles. The van der Waals surface area contributed by atoms with Gasteiger partial charge in [0.1, 0.15) is 0 Å². The molecule has 0 aliphatic rings. The maximum Gasteiger partial charge on any atom is 0.517 e. The highest BCUT2D eigenvalue weighted by Crippen LogP contribution is 2.03. The molecular formula is C10H26N2O2Si. The molecule has 0 unspecified atom stereocenters. The molecule has 0 atom stereocenters. The van der Waals surface area contributed by atoms with Crippen LogP contribution < -0.4 is 9.96 Å². The van der Waals surface area contributed by atoms with Gasteiger partial charge in [-0.3, -0.25) is 9.96 Å². The van der Waals surface area contributed by atoms with Gasteiger partial charge in [-0.05, 0) is 13.8 Å². The Morgan fingerprint density at radius 3 is 1.40 bits per heavy atom. The van der Waals surface area contributed by atoms with E-state index in [1.54, 1.807) is 0 Å². The average molecular weight is 234 g/mol. The normalized spacial score (nSPS) is 12.8. The van der Waals surface area contributed by atoms with Gasteiger partial charge in [-0.15, -0.1) is 0 Å². The maximum absolute atomic E-state index is 5.79. The maximum atomic E-state index is 5.79. The number of hydrogen-bond acceptors (Lipinski definition) is 4. The third-order valence-corrected chi connectivity index (χ3v) is 4.96. The Labute approximate surface area is 95.1 Å². The van der Waals surface area contributed by atoms with E-state index in [1.807, 2.05) is 13.8 Å². The van der Waals surface area contributed by atoms with Crippen molar-refractivity contribution in [3.8, 4) is 0 Å². The molecule has 0 rings (SSSR count). The van der Waals surface area contributed by atoms with Crippen LogP contribution in [0, 0.1) is 0 Å². The molecule has 0 bridgehead atoms. The van der Waals surface area contributed by atoms with Crippen LogP contribution in [-0.4, -0.2) is 34.2 Å². The molecule has 0 heterocycles. The van der Waals surface area contributed by atoms with Crippen molar-refractivity contribution in [3.63, 3.8) is 0 Å². The first-order chi connectivity index (χ1) is 6.95. The zero-order valence-electron chi connectivity index (χ0n) is 10.9. The molecule has 0 aromatic heterocycles. The lowest BCUT2D eigenvalue weighted by Gasteiger charge is -2.33. The van der Waals surface area contributed by atoms with Gasteiger partial charge >= 0.3 is 8.88 Å². The van der Waals surface area contributed by atoms with E-state index >= 15 is 0 Å². The molecule has 5 heteroatoms. The third-order valence-electron chi connectivity index (χ3n) is 1.65. The summed E-state index contributed by atoms with van der Waals surface area (Å²) < 4.78 is 11.6. The number of rotatable bonds is 8. The van der Waals surface area contributed by atoms with Gasteiger partial charge in [-0.2, -0.15) is 0 Å². The second kappa shape index (κ2) is 7.35.